The Kier molecular flexibility index (Phi) is 4.26. The minimum Gasteiger partial charge on any atom is -0.356 e. The molecule has 0 amide bonds. The van der Waals surface area contributed by atoms with Crippen LogP contribution in [0.1, 0.15) is 48.4 Å². The molecule has 4 heteroatoms. The van der Waals surface area contributed by atoms with Crippen LogP contribution in [0.4, 0.5) is 0 Å². The van der Waals surface area contributed by atoms with Crippen molar-refractivity contribution in [3.8, 4) is 17.4 Å². The van der Waals surface area contributed by atoms with Crippen LogP contribution in [0.25, 0.3) is 11.3 Å². The first-order chi connectivity index (χ1) is 13.8. The van der Waals surface area contributed by atoms with E-state index in [1.165, 1.54) is 18.4 Å². The van der Waals surface area contributed by atoms with Gasteiger partial charge in [0.15, 0.2) is 5.76 Å². The van der Waals surface area contributed by atoms with Gasteiger partial charge in [0.25, 0.3) is 0 Å². The molecule has 28 heavy (non-hydrogen) atoms. The van der Waals surface area contributed by atoms with Gasteiger partial charge in [-0.05, 0) is 49.1 Å². The zero-order valence-corrected chi connectivity index (χ0v) is 15.8. The molecule has 1 N–H and O–H groups in total. The van der Waals surface area contributed by atoms with Gasteiger partial charge < -0.3 is 9.84 Å². The van der Waals surface area contributed by atoms with E-state index in [4.69, 9.17) is 9.78 Å². The number of nitriles is 1. The molecule has 5 rings (SSSR count). The molecule has 0 spiro atoms. The van der Waals surface area contributed by atoms with E-state index in [2.05, 4.69) is 52.9 Å². The predicted molar refractivity (Wildman–Crippen MR) is 108 cm³/mol. The van der Waals surface area contributed by atoms with Crippen LogP contribution in [-0.4, -0.2) is 17.7 Å². The Labute approximate surface area is 165 Å². The second-order valence-electron chi connectivity index (χ2n) is 8.14. The lowest BCUT2D eigenvalue weighted by molar-refractivity contribution is 0.216. The Hall–Kier alpha value is -2.90. The molecule has 2 atom stereocenters. The van der Waals surface area contributed by atoms with Gasteiger partial charge in [-0.15, -0.1) is 0 Å². The van der Waals surface area contributed by atoms with E-state index in [9.17, 15) is 0 Å². The van der Waals surface area contributed by atoms with Gasteiger partial charge >= 0.3 is 0 Å². The Morgan fingerprint density at radius 2 is 1.89 bits per heavy atom. The lowest BCUT2D eigenvalue weighted by atomic mass is 9.66. The normalized spacial score (nSPS) is 22.2. The summed E-state index contributed by atoms with van der Waals surface area (Å²) >= 11 is 0. The molecule has 2 fully saturated rings. The highest BCUT2D eigenvalue weighted by molar-refractivity contribution is 5.59. The van der Waals surface area contributed by atoms with Gasteiger partial charge in [-0.1, -0.05) is 41.9 Å². The molecule has 0 bridgehead atoms. The quantitative estimate of drug-likeness (QED) is 0.679. The van der Waals surface area contributed by atoms with Crippen molar-refractivity contribution in [3.05, 3.63) is 77.5 Å². The molecule has 4 nitrogen and oxygen atoms in total. The SMILES string of the molecule is N#Cc1ccc(-c2cc(C3(CN[C@H]4CC4c4ccccc4)CCC3)no2)cc1. The monoisotopic (exact) mass is 369 g/mol. The number of nitrogens with zero attached hydrogens (tertiary/aromatic N) is 2. The summed E-state index contributed by atoms with van der Waals surface area (Å²) in [4.78, 5) is 0. The molecule has 1 heterocycles. The maximum atomic E-state index is 8.96. The summed E-state index contributed by atoms with van der Waals surface area (Å²) in [6.45, 7) is 0.959. The second-order valence-corrected chi connectivity index (χ2v) is 8.14. The van der Waals surface area contributed by atoms with Gasteiger partial charge in [0.1, 0.15) is 0 Å². The molecule has 2 aliphatic carbocycles. The molecule has 1 unspecified atom stereocenters. The van der Waals surface area contributed by atoms with Crippen LogP contribution in [0, 0.1) is 11.3 Å². The van der Waals surface area contributed by atoms with Crippen molar-refractivity contribution in [2.75, 3.05) is 6.54 Å². The van der Waals surface area contributed by atoms with Gasteiger partial charge in [-0.25, -0.2) is 0 Å². The molecule has 2 saturated carbocycles. The van der Waals surface area contributed by atoms with Crippen molar-refractivity contribution >= 4 is 0 Å². The highest BCUT2D eigenvalue weighted by Gasteiger charge is 2.45. The van der Waals surface area contributed by atoms with Gasteiger partial charge in [0, 0.05) is 35.5 Å². The Morgan fingerprint density at radius 3 is 2.57 bits per heavy atom. The third-order valence-electron chi connectivity index (χ3n) is 6.38. The Balaban J connectivity index is 1.27. The van der Waals surface area contributed by atoms with Crippen LogP contribution in [0.2, 0.25) is 0 Å². The Morgan fingerprint density at radius 1 is 1.11 bits per heavy atom. The minimum atomic E-state index is 0.0954. The fraction of sp³-hybridized carbons (Fsp3) is 0.333. The number of rotatable bonds is 6. The summed E-state index contributed by atoms with van der Waals surface area (Å²) in [6.07, 6.45) is 4.77. The van der Waals surface area contributed by atoms with Crippen molar-refractivity contribution in [3.63, 3.8) is 0 Å². The largest absolute Gasteiger partial charge is 0.356 e. The number of hydrogen-bond donors (Lipinski definition) is 1. The molecule has 1 aromatic heterocycles. The van der Waals surface area contributed by atoms with E-state index in [-0.39, 0.29) is 5.41 Å². The third-order valence-corrected chi connectivity index (χ3v) is 6.38. The number of hydrogen-bond acceptors (Lipinski definition) is 4. The van der Waals surface area contributed by atoms with E-state index >= 15 is 0 Å². The summed E-state index contributed by atoms with van der Waals surface area (Å²) in [5.41, 5.74) is 4.21. The summed E-state index contributed by atoms with van der Waals surface area (Å²) in [7, 11) is 0. The first kappa shape index (κ1) is 17.2. The fourth-order valence-corrected chi connectivity index (χ4v) is 4.31. The smallest absolute Gasteiger partial charge is 0.167 e. The summed E-state index contributed by atoms with van der Waals surface area (Å²) < 4.78 is 5.66. The van der Waals surface area contributed by atoms with Crippen molar-refractivity contribution in [2.45, 2.75) is 43.1 Å². The summed E-state index contributed by atoms with van der Waals surface area (Å²) in [5.74, 6) is 1.42. The molecular formula is C24H23N3O. The molecule has 0 radical (unpaired) electrons. The van der Waals surface area contributed by atoms with Crippen molar-refractivity contribution in [1.82, 2.24) is 10.5 Å². The van der Waals surface area contributed by atoms with E-state index in [0.717, 1.165) is 36.4 Å². The second kappa shape index (κ2) is 6.92. The van der Waals surface area contributed by atoms with Crippen LogP contribution in [0.5, 0.6) is 0 Å². The van der Waals surface area contributed by atoms with Crippen LogP contribution in [-0.2, 0) is 5.41 Å². The highest BCUT2D eigenvalue weighted by atomic mass is 16.5. The number of aromatic nitrogens is 1. The zero-order chi connectivity index (χ0) is 19.0. The van der Waals surface area contributed by atoms with Crippen LogP contribution in [0.15, 0.2) is 65.2 Å². The maximum Gasteiger partial charge on any atom is 0.167 e. The van der Waals surface area contributed by atoms with E-state index in [1.54, 1.807) is 0 Å². The summed E-state index contributed by atoms with van der Waals surface area (Å²) in [6, 6.07) is 23.1. The number of benzene rings is 2. The van der Waals surface area contributed by atoms with Gasteiger partial charge in [-0.3, -0.25) is 0 Å². The minimum absolute atomic E-state index is 0.0954. The zero-order valence-electron chi connectivity index (χ0n) is 15.8. The topological polar surface area (TPSA) is 61.9 Å². The van der Waals surface area contributed by atoms with Gasteiger partial charge in [0.05, 0.1) is 17.3 Å². The van der Waals surface area contributed by atoms with Crippen LogP contribution < -0.4 is 5.32 Å². The van der Waals surface area contributed by atoms with Crippen molar-refractivity contribution in [1.29, 1.82) is 5.26 Å². The van der Waals surface area contributed by atoms with E-state index < -0.39 is 0 Å². The molecular weight excluding hydrogens is 346 g/mol. The molecule has 140 valence electrons. The molecule has 0 saturated heterocycles. The standard InChI is InChI=1S/C24H23N3O/c25-15-17-7-9-19(10-8-17)22-14-23(27-28-22)24(11-4-12-24)16-26-21-13-20(21)18-5-2-1-3-6-18/h1-3,5-10,14,20-21,26H,4,11-13,16H2/t20?,21-/m0/s1. The van der Waals surface area contributed by atoms with Crippen molar-refractivity contribution < 1.29 is 4.52 Å². The molecule has 2 aliphatic rings. The Bertz CT molecular complexity index is 996. The first-order valence-corrected chi connectivity index (χ1v) is 10.0. The van der Waals surface area contributed by atoms with Crippen LogP contribution >= 0.6 is 0 Å². The highest BCUT2D eigenvalue weighted by Crippen LogP contribution is 2.46. The average Bonchev–Trinajstić information content (AvgIpc) is 3.33. The van der Waals surface area contributed by atoms with Crippen molar-refractivity contribution in [2.24, 2.45) is 0 Å². The lowest BCUT2D eigenvalue weighted by Crippen LogP contribution is -2.45. The predicted octanol–water partition coefficient (Wildman–Crippen LogP) is 4.78. The summed E-state index contributed by atoms with van der Waals surface area (Å²) in [5, 5.41) is 17.2. The van der Waals surface area contributed by atoms with E-state index in [1.807, 2.05) is 24.3 Å². The maximum absolute atomic E-state index is 8.96. The molecule has 3 aromatic rings. The van der Waals surface area contributed by atoms with Gasteiger partial charge in [0.2, 0.25) is 0 Å². The lowest BCUT2D eigenvalue weighted by Gasteiger charge is -2.40. The van der Waals surface area contributed by atoms with E-state index in [0.29, 0.717) is 17.5 Å². The molecule has 0 aliphatic heterocycles. The average molecular weight is 369 g/mol. The third kappa shape index (κ3) is 3.12. The fourth-order valence-electron chi connectivity index (χ4n) is 4.31. The van der Waals surface area contributed by atoms with Crippen LogP contribution in [0.3, 0.4) is 0 Å². The number of nitrogens with one attached hydrogen (secondary N) is 1. The first-order valence-electron chi connectivity index (χ1n) is 10.0. The molecule has 2 aromatic carbocycles. The van der Waals surface area contributed by atoms with Gasteiger partial charge in [-0.2, -0.15) is 5.26 Å².